The van der Waals surface area contributed by atoms with Crippen LogP contribution in [0, 0.1) is 0 Å². The topological polar surface area (TPSA) is 99.9 Å². The largest absolute Gasteiger partial charge is 0.480 e. The number of furan rings is 1. The maximum absolute atomic E-state index is 12.2. The van der Waals surface area contributed by atoms with E-state index in [2.05, 4.69) is 21.2 Å². The van der Waals surface area contributed by atoms with E-state index in [1.54, 1.807) is 19.9 Å². The first-order valence-corrected chi connectivity index (χ1v) is 8.18. The van der Waals surface area contributed by atoms with Gasteiger partial charge in [0.15, 0.2) is 10.4 Å². The SMILES string of the molecule is CC1(C)SC2C(NC(=O)c3ccc(Br)o3)C(=O)N2C1C(=O)O. The van der Waals surface area contributed by atoms with Gasteiger partial charge in [-0.15, -0.1) is 11.8 Å². The fourth-order valence-corrected chi connectivity index (χ4v) is 4.73. The van der Waals surface area contributed by atoms with Gasteiger partial charge in [-0.2, -0.15) is 0 Å². The maximum Gasteiger partial charge on any atom is 0.327 e. The fourth-order valence-electron chi connectivity index (χ4n) is 2.79. The first-order chi connectivity index (χ1) is 10.2. The van der Waals surface area contributed by atoms with Crippen LogP contribution in [-0.4, -0.2) is 50.0 Å². The lowest BCUT2D eigenvalue weighted by Gasteiger charge is -2.43. The molecule has 2 N–H and O–H groups in total. The summed E-state index contributed by atoms with van der Waals surface area (Å²) in [5.41, 5.74) is 0. The summed E-state index contributed by atoms with van der Waals surface area (Å²) in [6.07, 6.45) is 0. The lowest BCUT2D eigenvalue weighted by molar-refractivity contribution is -0.159. The molecule has 2 fully saturated rings. The molecule has 3 rings (SSSR count). The van der Waals surface area contributed by atoms with Gasteiger partial charge in [-0.25, -0.2) is 4.79 Å². The van der Waals surface area contributed by atoms with Gasteiger partial charge in [0.2, 0.25) is 5.91 Å². The van der Waals surface area contributed by atoms with Crippen molar-refractivity contribution in [2.24, 2.45) is 0 Å². The summed E-state index contributed by atoms with van der Waals surface area (Å²) in [5, 5.41) is 11.6. The van der Waals surface area contributed by atoms with Gasteiger partial charge in [0.1, 0.15) is 17.5 Å². The molecule has 1 aromatic heterocycles. The summed E-state index contributed by atoms with van der Waals surface area (Å²) in [6, 6.07) is 1.45. The van der Waals surface area contributed by atoms with E-state index in [0.29, 0.717) is 4.67 Å². The molecule has 0 aromatic carbocycles. The lowest BCUT2D eigenvalue weighted by Crippen LogP contribution is -2.70. The number of hydrogen-bond donors (Lipinski definition) is 2. The molecular formula is C13H13BrN2O5S. The van der Waals surface area contributed by atoms with Crippen LogP contribution in [0.25, 0.3) is 0 Å². The molecule has 0 saturated carbocycles. The molecule has 0 bridgehead atoms. The van der Waals surface area contributed by atoms with E-state index in [9.17, 15) is 19.5 Å². The molecule has 7 nitrogen and oxygen atoms in total. The molecule has 0 spiro atoms. The molecule has 0 aliphatic carbocycles. The van der Waals surface area contributed by atoms with Crippen molar-refractivity contribution in [1.82, 2.24) is 10.2 Å². The zero-order valence-electron chi connectivity index (χ0n) is 11.7. The van der Waals surface area contributed by atoms with Crippen LogP contribution in [0.1, 0.15) is 24.4 Å². The molecule has 3 atom stereocenters. The average molecular weight is 389 g/mol. The van der Waals surface area contributed by atoms with E-state index in [4.69, 9.17) is 4.42 Å². The molecule has 1 aromatic rings. The first kappa shape index (κ1) is 15.4. The number of fused-ring (bicyclic) bond motifs is 1. The number of halogens is 1. The van der Waals surface area contributed by atoms with E-state index >= 15 is 0 Å². The normalized spacial score (nSPS) is 29.0. The Morgan fingerprint density at radius 2 is 2.14 bits per heavy atom. The Morgan fingerprint density at radius 3 is 2.68 bits per heavy atom. The minimum absolute atomic E-state index is 0.0927. The quantitative estimate of drug-likeness (QED) is 0.756. The Kier molecular flexibility index (Phi) is 3.52. The number of carboxylic acid groups (broad SMARTS) is 1. The number of carbonyl (C=O) groups excluding carboxylic acids is 2. The van der Waals surface area contributed by atoms with Gasteiger partial charge in [0, 0.05) is 4.75 Å². The Bertz CT molecular complexity index is 673. The third-order valence-electron chi connectivity index (χ3n) is 3.76. The molecule has 2 aliphatic rings. The van der Waals surface area contributed by atoms with E-state index in [0.717, 1.165) is 0 Å². The number of rotatable bonds is 3. The van der Waals surface area contributed by atoms with Crippen LogP contribution in [-0.2, 0) is 9.59 Å². The monoisotopic (exact) mass is 388 g/mol. The summed E-state index contributed by atoms with van der Waals surface area (Å²) in [6.45, 7) is 3.56. The molecule has 3 unspecified atom stereocenters. The van der Waals surface area contributed by atoms with Crippen molar-refractivity contribution in [3.63, 3.8) is 0 Å². The van der Waals surface area contributed by atoms with Crippen molar-refractivity contribution < 1.29 is 23.9 Å². The van der Waals surface area contributed by atoms with Gasteiger partial charge in [0.05, 0.1) is 0 Å². The molecular weight excluding hydrogens is 376 g/mol. The number of carboxylic acids is 1. The highest BCUT2D eigenvalue weighted by Gasteiger charge is 2.64. The van der Waals surface area contributed by atoms with Crippen LogP contribution in [0.2, 0.25) is 0 Å². The van der Waals surface area contributed by atoms with Crippen LogP contribution in [0.3, 0.4) is 0 Å². The molecule has 2 saturated heterocycles. The van der Waals surface area contributed by atoms with Crippen LogP contribution in [0.15, 0.2) is 21.2 Å². The molecule has 9 heteroatoms. The van der Waals surface area contributed by atoms with Gasteiger partial charge >= 0.3 is 5.97 Å². The number of aliphatic carboxylic acids is 1. The highest BCUT2D eigenvalue weighted by molar-refractivity contribution is 9.10. The van der Waals surface area contributed by atoms with Gasteiger partial charge in [-0.3, -0.25) is 9.59 Å². The molecule has 118 valence electrons. The summed E-state index contributed by atoms with van der Waals surface area (Å²) in [5.74, 6) is -1.82. The first-order valence-electron chi connectivity index (χ1n) is 6.51. The number of thioether (sulfide) groups is 1. The minimum Gasteiger partial charge on any atom is -0.480 e. The Balaban J connectivity index is 1.75. The molecule has 0 radical (unpaired) electrons. The van der Waals surface area contributed by atoms with E-state index in [1.165, 1.54) is 22.7 Å². The standard InChI is InChI=1S/C13H13BrN2O5S/c1-13(2)8(12(19)20)16-10(18)7(11(16)22-13)15-9(17)5-3-4-6(14)21-5/h3-4,7-8,11H,1-2H3,(H,15,17)(H,19,20). The zero-order valence-corrected chi connectivity index (χ0v) is 14.1. The van der Waals surface area contributed by atoms with E-state index in [-0.39, 0.29) is 17.0 Å². The minimum atomic E-state index is -1.03. The van der Waals surface area contributed by atoms with Crippen LogP contribution >= 0.6 is 27.7 Å². The second-order valence-electron chi connectivity index (χ2n) is 5.65. The van der Waals surface area contributed by atoms with Crippen molar-refractivity contribution >= 4 is 45.5 Å². The number of nitrogens with zero attached hydrogens (tertiary/aromatic N) is 1. The molecule has 2 amide bonds. The highest BCUT2D eigenvalue weighted by atomic mass is 79.9. The highest BCUT2D eigenvalue weighted by Crippen LogP contribution is 2.50. The van der Waals surface area contributed by atoms with Gasteiger partial charge in [-0.05, 0) is 41.9 Å². The molecule has 3 heterocycles. The predicted molar refractivity (Wildman–Crippen MR) is 81.4 cm³/mol. The van der Waals surface area contributed by atoms with Crippen molar-refractivity contribution in [1.29, 1.82) is 0 Å². The van der Waals surface area contributed by atoms with Crippen LogP contribution in [0.4, 0.5) is 0 Å². The summed E-state index contributed by atoms with van der Waals surface area (Å²) < 4.78 is 4.95. The fraction of sp³-hybridized carbons (Fsp3) is 0.462. The zero-order chi connectivity index (χ0) is 16.2. The van der Waals surface area contributed by atoms with E-state index in [1.807, 2.05) is 0 Å². The van der Waals surface area contributed by atoms with Gasteiger partial charge < -0.3 is 19.7 Å². The smallest absolute Gasteiger partial charge is 0.327 e. The summed E-state index contributed by atoms with van der Waals surface area (Å²) >= 11 is 4.48. The van der Waals surface area contributed by atoms with Gasteiger partial charge in [-0.1, -0.05) is 0 Å². The van der Waals surface area contributed by atoms with E-state index < -0.39 is 28.7 Å². The third-order valence-corrected chi connectivity index (χ3v) is 5.76. The second-order valence-corrected chi connectivity index (χ2v) is 8.21. The van der Waals surface area contributed by atoms with Crippen molar-refractivity contribution in [2.45, 2.75) is 36.1 Å². The van der Waals surface area contributed by atoms with Crippen molar-refractivity contribution in [2.75, 3.05) is 0 Å². The average Bonchev–Trinajstić information content (AvgIpc) is 2.95. The number of carbonyl (C=O) groups is 3. The number of nitrogens with one attached hydrogen (secondary N) is 1. The maximum atomic E-state index is 12.2. The van der Waals surface area contributed by atoms with Crippen LogP contribution in [0.5, 0.6) is 0 Å². The summed E-state index contributed by atoms with van der Waals surface area (Å²) in [4.78, 5) is 37.0. The van der Waals surface area contributed by atoms with Gasteiger partial charge in [0.25, 0.3) is 5.91 Å². The Morgan fingerprint density at radius 1 is 1.45 bits per heavy atom. The lowest BCUT2D eigenvalue weighted by atomic mass is 9.96. The Hall–Kier alpha value is -1.48. The molecule has 22 heavy (non-hydrogen) atoms. The number of amides is 2. The van der Waals surface area contributed by atoms with Crippen LogP contribution < -0.4 is 5.32 Å². The van der Waals surface area contributed by atoms with Crippen molar-refractivity contribution in [3.8, 4) is 0 Å². The second kappa shape index (κ2) is 5.02. The Labute approximate surface area is 138 Å². The number of hydrogen-bond acceptors (Lipinski definition) is 5. The third kappa shape index (κ3) is 2.23. The molecule has 2 aliphatic heterocycles. The summed E-state index contributed by atoms with van der Waals surface area (Å²) in [7, 11) is 0. The van der Waals surface area contributed by atoms with Crippen molar-refractivity contribution in [3.05, 3.63) is 22.6 Å². The number of β-lactam (4-membered cyclic amide) rings is 1. The predicted octanol–water partition coefficient (Wildman–Crippen LogP) is 1.29.